The summed E-state index contributed by atoms with van der Waals surface area (Å²) < 4.78 is 11.0. The van der Waals surface area contributed by atoms with Gasteiger partial charge in [0.05, 0.1) is 16.7 Å². The largest absolute Gasteiger partial charge is 0.454 e. The highest BCUT2D eigenvalue weighted by atomic mass is 16.7. The number of hydrogen-bond donors (Lipinski definition) is 0. The van der Waals surface area contributed by atoms with Crippen molar-refractivity contribution in [3.05, 3.63) is 59.4 Å². The summed E-state index contributed by atoms with van der Waals surface area (Å²) in [5.41, 5.74) is 5.36. The lowest BCUT2D eigenvalue weighted by Crippen LogP contribution is -2.20. The minimum atomic E-state index is -0.0380. The van der Waals surface area contributed by atoms with Crippen LogP contribution in [-0.2, 0) is 17.3 Å². The van der Waals surface area contributed by atoms with Crippen LogP contribution in [0.5, 0.6) is 11.5 Å². The van der Waals surface area contributed by atoms with Crippen molar-refractivity contribution in [3.8, 4) is 11.5 Å². The van der Waals surface area contributed by atoms with Gasteiger partial charge >= 0.3 is 0 Å². The third kappa shape index (κ3) is 3.48. The van der Waals surface area contributed by atoms with Crippen LogP contribution >= 0.6 is 0 Å². The first-order valence-corrected chi connectivity index (χ1v) is 9.39. The molecule has 0 amide bonds. The molecule has 140 valence electrons. The van der Waals surface area contributed by atoms with Crippen molar-refractivity contribution in [2.45, 2.75) is 51.9 Å². The highest BCUT2D eigenvalue weighted by Crippen LogP contribution is 2.37. The molecule has 0 N–H and O–H groups in total. The van der Waals surface area contributed by atoms with E-state index in [-0.39, 0.29) is 10.8 Å². The molecule has 0 atom stereocenters. The van der Waals surface area contributed by atoms with Crippen LogP contribution in [0.3, 0.4) is 0 Å². The van der Waals surface area contributed by atoms with Gasteiger partial charge in [0.15, 0.2) is 11.5 Å². The van der Waals surface area contributed by atoms with Gasteiger partial charge in [0.25, 0.3) is 0 Å². The molecule has 1 aliphatic heterocycles. The number of aromatic nitrogens is 2. The minimum Gasteiger partial charge on any atom is -0.454 e. The molecular formula is C23H26N2O2. The van der Waals surface area contributed by atoms with Gasteiger partial charge in [0.2, 0.25) is 6.79 Å². The van der Waals surface area contributed by atoms with Gasteiger partial charge in [0.1, 0.15) is 0 Å². The zero-order valence-electron chi connectivity index (χ0n) is 16.7. The number of benzene rings is 2. The smallest absolute Gasteiger partial charge is 0.231 e. The standard InChI is InChI=1S/C23H26N2O2/c1-22(2,3)21-13-24-17-8-6-15(10-18(17)25-21)12-23(4,5)16-7-9-19-20(11-16)27-14-26-19/h6-11,13H,12,14H2,1-5H3. The molecule has 0 aliphatic carbocycles. The fourth-order valence-corrected chi connectivity index (χ4v) is 3.46. The van der Waals surface area contributed by atoms with Crippen molar-refractivity contribution in [3.63, 3.8) is 0 Å². The number of hydrogen-bond acceptors (Lipinski definition) is 4. The Morgan fingerprint density at radius 1 is 0.889 bits per heavy atom. The molecule has 0 bridgehead atoms. The fraction of sp³-hybridized carbons (Fsp3) is 0.391. The molecule has 0 spiro atoms. The molecule has 27 heavy (non-hydrogen) atoms. The molecule has 0 saturated carbocycles. The Kier molecular flexibility index (Phi) is 4.10. The molecule has 4 nitrogen and oxygen atoms in total. The SMILES string of the molecule is CC(C)(C)c1cnc2ccc(CC(C)(C)c3ccc4c(c3)OCO4)cc2n1. The van der Waals surface area contributed by atoms with Crippen LogP contribution in [0, 0.1) is 0 Å². The molecule has 2 aromatic carbocycles. The molecule has 1 aromatic heterocycles. The van der Waals surface area contributed by atoms with Crippen molar-refractivity contribution in [1.82, 2.24) is 9.97 Å². The summed E-state index contributed by atoms with van der Waals surface area (Å²) in [6.45, 7) is 11.3. The van der Waals surface area contributed by atoms with Crippen LogP contribution in [0.25, 0.3) is 11.0 Å². The molecule has 3 aromatic rings. The molecule has 0 unspecified atom stereocenters. The maximum atomic E-state index is 5.55. The number of rotatable bonds is 3. The summed E-state index contributed by atoms with van der Waals surface area (Å²) in [5.74, 6) is 1.66. The van der Waals surface area contributed by atoms with Crippen LogP contribution in [0.15, 0.2) is 42.6 Å². The summed E-state index contributed by atoms with van der Waals surface area (Å²) in [6, 6.07) is 12.6. The Bertz CT molecular complexity index is 1000. The van der Waals surface area contributed by atoms with Crippen LogP contribution in [0.4, 0.5) is 0 Å². The third-order valence-electron chi connectivity index (χ3n) is 5.18. The normalized spacial score (nSPS) is 14.0. The molecule has 4 heteroatoms. The lowest BCUT2D eigenvalue weighted by atomic mass is 9.79. The number of ether oxygens (including phenoxy) is 2. The number of nitrogens with zero attached hydrogens (tertiary/aromatic N) is 2. The van der Waals surface area contributed by atoms with Gasteiger partial charge in [-0.3, -0.25) is 4.98 Å². The van der Waals surface area contributed by atoms with Crippen molar-refractivity contribution in [2.75, 3.05) is 6.79 Å². The van der Waals surface area contributed by atoms with Crippen molar-refractivity contribution >= 4 is 11.0 Å². The van der Waals surface area contributed by atoms with Gasteiger partial charge in [-0.15, -0.1) is 0 Å². The average molecular weight is 362 g/mol. The monoisotopic (exact) mass is 362 g/mol. The van der Waals surface area contributed by atoms with E-state index in [9.17, 15) is 0 Å². The van der Waals surface area contributed by atoms with Gasteiger partial charge in [-0.05, 0) is 47.2 Å². The van der Waals surface area contributed by atoms with E-state index in [0.717, 1.165) is 34.6 Å². The minimum absolute atomic E-state index is 0.0110. The lowest BCUT2D eigenvalue weighted by Gasteiger charge is -2.26. The Morgan fingerprint density at radius 3 is 2.44 bits per heavy atom. The van der Waals surface area contributed by atoms with Crippen molar-refractivity contribution in [1.29, 1.82) is 0 Å². The van der Waals surface area contributed by atoms with E-state index in [1.165, 1.54) is 11.1 Å². The van der Waals surface area contributed by atoms with Crippen LogP contribution < -0.4 is 9.47 Å². The van der Waals surface area contributed by atoms with Gasteiger partial charge in [-0.1, -0.05) is 46.8 Å². The molecule has 2 heterocycles. The van der Waals surface area contributed by atoms with E-state index in [2.05, 4.69) is 69.9 Å². The second-order valence-corrected chi connectivity index (χ2v) is 8.96. The molecular weight excluding hydrogens is 336 g/mol. The predicted octanol–water partition coefficient (Wildman–Crippen LogP) is 5.18. The van der Waals surface area contributed by atoms with Crippen molar-refractivity contribution in [2.24, 2.45) is 0 Å². The topological polar surface area (TPSA) is 44.2 Å². The Labute approximate surface area is 160 Å². The summed E-state index contributed by atoms with van der Waals surface area (Å²) >= 11 is 0. The zero-order chi connectivity index (χ0) is 19.2. The Hall–Kier alpha value is -2.62. The zero-order valence-corrected chi connectivity index (χ0v) is 16.7. The molecule has 0 saturated heterocycles. The lowest BCUT2D eigenvalue weighted by molar-refractivity contribution is 0.174. The Morgan fingerprint density at radius 2 is 1.67 bits per heavy atom. The van der Waals surface area contributed by atoms with E-state index in [1.807, 2.05) is 12.3 Å². The maximum Gasteiger partial charge on any atom is 0.231 e. The van der Waals surface area contributed by atoms with E-state index in [4.69, 9.17) is 14.5 Å². The molecule has 0 fully saturated rings. The van der Waals surface area contributed by atoms with Gasteiger partial charge in [-0.25, -0.2) is 4.98 Å². The highest BCUT2D eigenvalue weighted by molar-refractivity contribution is 5.75. The molecule has 0 radical (unpaired) electrons. The third-order valence-corrected chi connectivity index (χ3v) is 5.18. The van der Waals surface area contributed by atoms with E-state index in [0.29, 0.717) is 6.79 Å². The first kappa shape index (κ1) is 17.8. The fourth-order valence-electron chi connectivity index (χ4n) is 3.46. The maximum absolute atomic E-state index is 5.55. The second-order valence-electron chi connectivity index (χ2n) is 8.96. The van der Waals surface area contributed by atoms with Gasteiger partial charge in [-0.2, -0.15) is 0 Å². The van der Waals surface area contributed by atoms with E-state index < -0.39 is 0 Å². The van der Waals surface area contributed by atoms with Crippen LogP contribution in [-0.4, -0.2) is 16.8 Å². The molecule has 4 rings (SSSR count). The highest BCUT2D eigenvalue weighted by Gasteiger charge is 2.25. The van der Waals surface area contributed by atoms with Crippen molar-refractivity contribution < 1.29 is 9.47 Å². The summed E-state index contributed by atoms with van der Waals surface area (Å²) in [7, 11) is 0. The number of fused-ring (bicyclic) bond motifs is 2. The van der Waals surface area contributed by atoms with E-state index >= 15 is 0 Å². The summed E-state index contributed by atoms with van der Waals surface area (Å²) in [4.78, 5) is 9.45. The van der Waals surface area contributed by atoms with Crippen LogP contribution in [0.1, 0.15) is 51.4 Å². The average Bonchev–Trinajstić information content (AvgIpc) is 3.07. The first-order valence-electron chi connectivity index (χ1n) is 9.39. The van der Waals surface area contributed by atoms with Gasteiger partial charge < -0.3 is 9.47 Å². The van der Waals surface area contributed by atoms with E-state index in [1.54, 1.807) is 0 Å². The summed E-state index contributed by atoms with van der Waals surface area (Å²) in [6.07, 6.45) is 2.79. The van der Waals surface area contributed by atoms with Gasteiger partial charge in [0, 0.05) is 11.6 Å². The first-order chi connectivity index (χ1) is 12.7. The second kappa shape index (κ2) is 6.22. The van der Waals surface area contributed by atoms with Crippen LogP contribution in [0.2, 0.25) is 0 Å². The quantitative estimate of drug-likeness (QED) is 0.644. The predicted molar refractivity (Wildman–Crippen MR) is 108 cm³/mol. The Balaban J connectivity index is 1.65. The summed E-state index contributed by atoms with van der Waals surface area (Å²) in [5, 5.41) is 0. The molecule has 1 aliphatic rings.